The molecule has 0 fully saturated rings. The molecule has 1 heterocycles. The average molecular weight is 246 g/mol. The minimum atomic E-state index is -0.765. The van der Waals surface area contributed by atoms with Crippen LogP contribution in [0.5, 0.6) is 0 Å². The van der Waals surface area contributed by atoms with E-state index in [2.05, 4.69) is 23.4 Å². The Morgan fingerprint density at radius 3 is 2.78 bits per heavy atom. The Morgan fingerprint density at radius 2 is 2.17 bits per heavy atom. The van der Waals surface area contributed by atoms with Crippen molar-refractivity contribution in [2.75, 3.05) is 0 Å². The first kappa shape index (κ1) is 12.6. The molecule has 0 aliphatic carbocycles. The van der Waals surface area contributed by atoms with Crippen LogP contribution in [0, 0.1) is 6.92 Å². The van der Waals surface area contributed by atoms with Crippen molar-refractivity contribution in [3.05, 3.63) is 29.6 Å². The molecule has 0 radical (unpaired) electrons. The Balaban J connectivity index is 2.38. The van der Waals surface area contributed by atoms with Gasteiger partial charge in [0.2, 0.25) is 0 Å². The lowest BCUT2D eigenvalue weighted by Gasteiger charge is -2.10. The summed E-state index contributed by atoms with van der Waals surface area (Å²) in [6.07, 6.45) is 0.717. The van der Waals surface area contributed by atoms with E-state index in [1.165, 1.54) is 0 Å². The number of hydrogen-bond donors (Lipinski definition) is 1. The van der Waals surface area contributed by atoms with Crippen LogP contribution in [0.25, 0.3) is 11.0 Å². The summed E-state index contributed by atoms with van der Waals surface area (Å²) in [6.45, 7) is 6.26. The number of fused-ring (bicyclic) bond motifs is 1. The standard InChI is InChI=1S/C14H18N2O2/c1-9(2)16-10(3)15-12-8-11(4-6-13(12)16)5-7-14(17)18/h4,6,8-9H,5,7H2,1-3H3,(H,17,18). The van der Waals surface area contributed by atoms with Gasteiger partial charge >= 0.3 is 5.97 Å². The average Bonchev–Trinajstić information content (AvgIpc) is 2.61. The van der Waals surface area contributed by atoms with Gasteiger partial charge in [0, 0.05) is 12.5 Å². The van der Waals surface area contributed by atoms with Crippen LogP contribution < -0.4 is 0 Å². The summed E-state index contributed by atoms with van der Waals surface area (Å²) in [5, 5.41) is 8.69. The zero-order valence-electron chi connectivity index (χ0n) is 11.0. The lowest BCUT2D eigenvalue weighted by Crippen LogP contribution is -2.02. The van der Waals surface area contributed by atoms with Crippen LogP contribution in [-0.2, 0) is 11.2 Å². The number of benzene rings is 1. The molecule has 4 nitrogen and oxygen atoms in total. The number of aliphatic carboxylic acids is 1. The summed E-state index contributed by atoms with van der Waals surface area (Å²) >= 11 is 0. The van der Waals surface area contributed by atoms with Gasteiger partial charge in [-0.3, -0.25) is 4.79 Å². The highest BCUT2D eigenvalue weighted by Crippen LogP contribution is 2.22. The van der Waals surface area contributed by atoms with Crippen molar-refractivity contribution in [2.45, 2.75) is 39.7 Å². The topological polar surface area (TPSA) is 55.1 Å². The van der Waals surface area contributed by atoms with E-state index in [0.29, 0.717) is 12.5 Å². The molecular formula is C14H18N2O2. The zero-order chi connectivity index (χ0) is 13.3. The third-order valence-corrected chi connectivity index (χ3v) is 3.07. The van der Waals surface area contributed by atoms with E-state index >= 15 is 0 Å². The smallest absolute Gasteiger partial charge is 0.303 e. The van der Waals surface area contributed by atoms with Crippen LogP contribution in [0.4, 0.5) is 0 Å². The van der Waals surface area contributed by atoms with E-state index in [0.717, 1.165) is 22.4 Å². The van der Waals surface area contributed by atoms with Crippen LogP contribution in [0.2, 0.25) is 0 Å². The highest BCUT2D eigenvalue weighted by atomic mass is 16.4. The van der Waals surface area contributed by atoms with E-state index in [9.17, 15) is 4.79 Å². The first-order valence-corrected chi connectivity index (χ1v) is 6.18. The first-order chi connectivity index (χ1) is 8.49. The van der Waals surface area contributed by atoms with Crippen LogP contribution in [0.15, 0.2) is 18.2 Å². The second kappa shape index (κ2) is 4.80. The number of aromatic nitrogens is 2. The van der Waals surface area contributed by atoms with Crippen molar-refractivity contribution in [2.24, 2.45) is 0 Å². The second-order valence-electron chi connectivity index (χ2n) is 4.84. The van der Waals surface area contributed by atoms with E-state index in [1.54, 1.807) is 0 Å². The van der Waals surface area contributed by atoms with Gasteiger partial charge in [0.25, 0.3) is 0 Å². The molecule has 0 atom stereocenters. The number of nitrogens with zero attached hydrogens (tertiary/aromatic N) is 2. The predicted molar refractivity (Wildman–Crippen MR) is 70.8 cm³/mol. The number of hydrogen-bond acceptors (Lipinski definition) is 2. The molecule has 1 aromatic heterocycles. The predicted octanol–water partition coefficient (Wildman–Crippen LogP) is 2.94. The zero-order valence-corrected chi connectivity index (χ0v) is 11.0. The maximum atomic E-state index is 10.6. The molecule has 18 heavy (non-hydrogen) atoms. The Bertz CT molecular complexity index is 585. The van der Waals surface area contributed by atoms with Gasteiger partial charge in [0.05, 0.1) is 11.0 Å². The lowest BCUT2D eigenvalue weighted by molar-refractivity contribution is -0.136. The number of carboxylic acids is 1. The Morgan fingerprint density at radius 1 is 1.44 bits per heavy atom. The monoisotopic (exact) mass is 246 g/mol. The third kappa shape index (κ3) is 2.37. The van der Waals surface area contributed by atoms with Gasteiger partial charge in [-0.1, -0.05) is 6.07 Å². The molecule has 2 aromatic rings. The van der Waals surface area contributed by atoms with Gasteiger partial charge in [0.1, 0.15) is 5.82 Å². The number of rotatable bonds is 4. The second-order valence-corrected chi connectivity index (χ2v) is 4.84. The van der Waals surface area contributed by atoms with Crippen molar-refractivity contribution in [3.63, 3.8) is 0 Å². The molecule has 0 aliphatic heterocycles. The quantitative estimate of drug-likeness (QED) is 0.902. The van der Waals surface area contributed by atoms with E-state index in [-0.39, 0.29) is 6.42 Å². The molecule has 0 saturated carbocycles. The van der Waals surface area contributed by atoms with E-state index in [4.69, 9.17) is 5.11 Å². The molecular weight excluding hydrogens is 228 g/mol. The van der Waals surface area contributed by atoms with Crippen molar-refractivity contribution < 1.29 is 9.90 Å². The molecule has 0 saturated heterocycles. The highest BCUT2D eigenvalue weighted by Gasteiger charge is 2.10. The van der Waals surface area contributed by atoms with Crippen LogP contribution in [0.1, 0.15) is 37.7 Å². The summed E-state index contributed by atoms with van der Waals surface area (Å²) < 4.78 is 2.19. The third-order valence-electron chi connectivity index (χ3n) is 3.07. The fourth-order valence-corrected chi connectivity index (χ4v) is 2.32. The van der Waals surface area contributed by atoms with Crippen LogP contribution in [-0.4, -0.2) is 20.6 Å². The summed E-state index contributed by atoms with van der Waals surface area (Å²) in [6, 6.07) is 6.39. The number of imidazole rings is 1. The molecule has 0 bridgehead atoms. The maximum Gasteiger partial charge on any atom is 0.303 e. The van der Waals surface area contributed by atoms with Crippen molar-refractivity contribution in [3.8, 4) is 0 Å². The fraction of sp³-hybridized carbons (Fsp3) is 0.429. The van der Waals surface area contributed by atoms with Gasteiger partial charge in [0.15, 0.2) is 0 Å². The minimum Gasteiger partial charge on any atom is -0.481 e. The molecule has 1 aromatic carbocycles. The van der Waals surface area contributed by atoms with E-state index < -0.39 is 5.97 Å². The molecule has 0 unspecified atom stereocenters. The molecule has 96 valence electrons. The molecule has 1 N–H and O–H groups in total. The maximum absolute atomic E-state index is 10.6. The highest BCUT2D eigenvalue weighted by molar-refractivity contribution is 5.77. The SMILES string of the molecule is Cc1nc2cc(CCC(=O)O)ccc2n1C(C)C. The molecule has 0 aliphatic rings. The van der Waals surface area contributed by atoms with Gasteiger partial charge in [-0.15, -0.1) is 0 Å². The summed E-state index contributed by atoms with van der Waals surface area (Å²) in [4.78, 5) is 15.1. The number of carbonyl (C=O) groups is 1. The Hall–Kier alpha value is -1.84. The normalized spacial score (nSPS) is 11.3. The Kier molecular flexibility index (Phi) is 3.36. The first-order valence-electron chi connectivity index (χ1n) is 6.18. The van der Waals surface area contributed by atoms with E-state index in [1.807, 2.05) is 25.1 Å². The Labute approximate surface area is 106 Å². The summed E-state index contributed by atoms with van der Waals surface area (Å²) in [5.41, 5.74) is 3.09. The molecule has 4 heteroatoms. The van der Waals surface area contributed by atoms with Crippen molar-refractivity contribution >= 4 is 17.0 Å². The van der Waals surface area contributed by atoms with Gasteiger partial charge < -0.3 is 9.67 Å². The summed E-state index contributed by atoms with van der Waals surface area (Å²) in [7, 11) is 0. The largest absolute Gasteiger partial charge is 0.481 e. The lowest BCUT2D eigenvalue weighted by atomic mass is 10.1. The fourth-order valence-electron chi connectivity index (χ4n) is 2.32. The molecule has 0 amide bonds. The van der Waals surface area contributed by atoms with Crippen LogP contribution in [0.3, 0.4) is 0 Å². The molecule has 0 spiro atoms. The van der Waals surface area contributed by atoms with Crippen molar-refractivity contribution in [1.29, 1.82) is 0 Å². The van der Waals surface area contributed by atoms with Crippen LogP contribution >= 0.6 is 0 Å². The minimum absolute atomic E-state index is 0.162. The van der Waals surface area contributed by atoms with Gasteiger partial charge in [-0.05, 0) is 44.9 Å². The number of aryl methyl sites for hydroxylation is 2. The summed E-state index contributed by atoms with van der Waals surface area (Å²) in [5.74, 6) is 0.231. The number of carboxylic acid groups (broad SMARTS) is 1. The van der Waals surface area contributed by atoms with Crippen molar-refractivity contribution in [1.82, 2.24) is 9.55 Å². The van der Waals surface area contributed by atoms with Gasteiger partial charge in [-0.25, -0.2) is 4.98 Å². The molecule has 2 rings (SSSR count). The van der Waals surface area contributed by atoms with Gasteiger partial charge in [-0.2, -0.15) is 0 Å².